The first-order valence-electron chi connectivity index (χ1n) is 8.41. The Morgan fingerprint density at radius 1 is 1.00 bits per heavy atom. The zero-order valence-corrected chi connectivity index (χ0v) is 21.5. The molecule has 1 heterocycles. The van der Waals surface area contributed by atoms with Gasteiger partial charge in [0, 0.05) is 9.77 Å². The fourth-order valence-electron chi connectivity index (χ4n) is 2.33. The number of nitrogens with one attached hydrogen (secondary N) is 1. The number of ether oxygens (including phenoxy) is 1. The fraction of sp³-hybridized carbons (Fsp3) is 0.100. The van der Waals surface area contributed by atoms with E-state index in [2.05, 4.69) is 83.3 Å². The van der Waals surface area contributed by atoms with E-state index in [1.807, 2.05) is 36.4 Å². The van der Waals surface area contributed by atoms with Gasteiger partial charge in [-0.05, 0) is 115 Å². The van der Waals surface area contributed by atoms with Crippen LogP contribution in [0.4, 0.5) is 19.0 Å². The summed E-state index contributed by atoms with van der Waals surface area (Å²) in [4.78, 5) is 3.72. The normalized spacial score (nSPS) is 11.7. The van der Waals surface area contributed by atoms with Crippen molar-refractivity contribution < 1.29 is 17.9 Å². The van der Waals surface area contributed by atoms with Crippen LogP contribution in [0.3, 0.4) is 0 Å². The number of halogens is 6. The third-order valence-corrected chi connectivity index (χ3v) is 6.12. The Bertz CT molecular complexity index is 1020. The van der Waals surface area contributed by atoms with Crippen LogP contribution in [0.5, 0.6) is 5.75 Å². The summed E-state index contributed by atoms with van der Waals surface area (Å²) >= 11 is 6.66. The van der Waals surface area contributed by atoms with E-state index in [0.717, 1.165) is 36.3 Å². The minimum Gasteiger partial charge on any atom is -0.487 e. The van der Waals surface area contributed by atoms with Crippen molar-refractivity contribution in [3.05, 3.63) is 82.1 Å². The number of nitrogens with zero attached hydrogens (tertiary/aromatic N) is 2. The predicted octanol–water partition coefficient (Wildman–Crippen LogP) is 6.94. The van der Waals surface area contributed by atoms with Crippen molar-refractivity contribution in [3.63, 3.8) is 0 Å². The van der Waals surface area contributed by atoms with E-state index in [1.54, 1.807) is 6.21 Å². The van der Waals surface area contributed by atoms with Gasteiger partial charge in [0.2, 0.25) is 0 Å². The van der Waals surface area contributed by atoms with Gasteiger partial charge in [-0.25, -0.2) is 4.98 Å². The summed E-state index contributed by atoms with van der Waals surface area (Å²) in [5.74, 6) is 1.02. The SMILES string of the molecule is FC(F)(F)c1ccc(N/N=C\c2cc(I)c(OCc3ccc(I)cc3)c(I)c2)nc1. The lowest BCUT2D eigenvalue weighted by Crippen LogP contribution is -2.05. The maximum atomic E-state index is 12.6. The number of benzene rings is 2. The molecule has 3 aromatic rings. The Balaban J connectivity index is 1.63. The Hall–Kier alpha value is -1.16. The maximum Gasteiger partial charge on any atom is 0.417 e. The van der Waals surface area contributed by atoms with Crippen molar-refractivity contribution in [2.24, 2.45) is 5.10 Å². The second kappa shape index (κ2) is 10.4. The first kappa shape index (κ1) is 23.5. The van der Waals surface area contributed by atoms with Gasteiger partial charge in [0.1, 0.15) is 18.2 Å². The lowest BCUT2D eigenvalue weighted by atomic mass is 10.2. The summed E-state index contributed by atoms with van der Waals surface area (Å²) < 4.78 is 46.7. The van der Waals surface area contributed by atoms with Gasteiger partial charge in [0.15, 0.2) is 0 Å². The fourth-order valence-corrected chi connectivity index (χ4v) is 4.82. The molecule has 0 saturated heterocycles. The standard InChI is InChI=1S/C20H13F3I3N3O/c21-20(22,23)14-3-6-18(27-10-14)29-28-9-13-7-16(25)19(17(26)8-13)30-11-12-1-4-15(24)5-2-12/h1-10H,11H2,(H,27,29)/b28-9-. The molecule has 156 valence electrons. The van der Waals surface area contributed by atoms with E-state index in [0.29, 0.717) is 6.61 Å². The summed E-state index contributed by atoms with van der Waals surface area (Å²) in [6.45, 7) is 0.470. The number of rotatable bonds is 6. The molecule has 0 unspecified atom stereocenters. The summed E-state index contributed by atoms with van der Waals surface area (Å²) in [6, 6.07) is 14.1. The summed E-state index contributed by atoms with van der Waals surface area (Å²) in [5.41, 5.74) is 3.74. The maximum absolute atomic E-state index is 12.6. The zero-order valence-electron chi connectivity index (χ0n) is 15.1. The molecule has 1 aromatic heterocycles. The van der Waals surface area contributed by atoms with E-state index in [4.69, 9.17) is 4.74 Å². The molecule has 0 radical (unpaired) electrons. The van der Waals surface area contributed by atoms with E-state index < -0.39 is 11.7 Å². The highest BCUT2D eigenvalue weighted by atomic mass is 127. The predicted molar refractivity (Wildman–Crippen MR) is 136 cm³/mol. The van der Waals surface area contributed by atoms with Crippen LogP contribution in [0.25, 0.3) is 0 Å². The number of hydrogen-bond acceptors (Lipinski definition) is 4. The van der Waals surface area contributed by atoms with Gasteiger partial charge in [-0.2, -0.15) is 18.3 Å². The third kappa shape index (κ3) is 6.67. The molecule has 30 heavy (non-hydrogen) atoms. The van der Waals surface area contributed by atoms with Gasteiger partial charge in [-0.15, -0.1) is 0 Å². The lowest BCUT2D eigenvalue weighted by Gasteiger charge is -2.11. The number of alkyl halides is 3. The Labute approximate surface area is 212 Å². The Morgan fingerprint density at radius 2 is 1.67 bits per heavy atom. The summed E-state index contributed by atoms with van der Waals surface area (Å²) in [6.07, 6.45) is -2.07. The summed E-state index contributed by atoms with van der Waals surface area (Å²) in [7, 11) is 0. The Kier molecular flexibility index (Phi) is 8.17. The quantitative estimate of drug-likeness (QED) is 0.169. The molecular weight excluding hydrogens is 736 g/mol. The van der Waals surface area contributed by atoms with Gasteiger partial charge < -0.3 is 4.74 Å². The van der Waals surface area contributed by atoms with E-state index in [1.165, 1.54) is 9.64 Å². The molecule has 0 saturated carbocycles. The number of hydrazone groups is 1. The molecule has 0 atom stereocenters. The van der Waals surface area contributed by atoms with E-state index in [9.17, 15) is 13.2 Å². The molecular formula is C20H13F3I3N3O. The van der Waals surface area contributed by atoms with Crippen molar-refractivity contribution >= 4 is 79.8 Å². The van der Waals surface area contributed by atoms with Gasteiger partial charge >= 0.3 is 6.18 Å². The van der Waals surface area contributed by atoms with Crippen LogP contribution < -0.4 is 10.2 Å². The second-order valence-electron chi connectivity index (χ2n) is 6.03. The summed E-state index contributed by atoms with van der Waals surface area (Å²) in [5, 5.41) is 4.05. The van der Waals surface area contributed by atoms with Gasteiger partial charge in [-0.1, -0.05) is 12.1 Å². The number of aromatic nitrogens is 1. The van der Waals surface area contributed by atoms with Crippen molar-refractivity contribution in [1.29, 1.82) is 0 Å². The molecule has 0 aliphatic heterocycles. The van der Waals surface area contributed by atoms with Crippen LogP contribution in [-0.2, 0) is 12.8 Å². The Morgan fingerprint density at radius 3 is 2.23 bits per heavy atom. The molecule has 0 amide bonds. The molecule has 2 aromatic carbocycles. The van der Waals surface area contributed by atoms with Crippen molar-refractivity contribution in [1.82, 2.24) is 4.98 Å². The molecule has 4 nitrogen and oxygen atoms in total. The van der Waals surface area contributed by atoms with Crippen molar-refractivity contribution in [2.45, 2.75) is 12.8 Å². The highest BCUT2D eigenvalue weighted by Gasteiger charge is 2.30. The average Bonchev–Trinajstić information content (AvgIpc) is 2.68. The highest BCUT2D eigenvalue weighted by molar-refractivity contribution is 14.1. The van der Waals surface area contributed by atoms with E-state index >= 15 is 0 Å². The van der Waals surface area contributed by atoms with Crippen LogP contribution in [-0.4, -0.2) is 11.2 Å². The lowest BCUT2D eigenvalue weighted by molar-refractivity contribution is -0.137. The van der Waals surface area contributed by atoms with Crippen molar-refractivity contribution in [2.75, 3.05) is 5.43 Å². The van der Waals surface area contributed by atoms with Gasteiger partial charge in [0.25, 0.3) is 0 Å². The minimum absolute atomic E-state index is 0.223. The largest absolute Gasteiger partial charge is 0.487 e. The molecule has 1 N–H and O–H groups in total. The minimum atomic E-state index is -4.41. The second-order valence-corrected chi connectivity index (χ2v) is 9.60. The van der Waals surface area contributed by atoms with Crippen LogP contribution in [0.15, 0.2) is 59.8 Å². The number of hydrogen-bond donors (Lipinski definition) is 1. The molecule has 0 spiro atoms. The van der Waals surface area contributed by atoms with Crippen LogP contribution in [0.2, 0.25) is 0 Å². The van der Waals surface area contributed by atoms with Crippen LogP contribution in [0, 0.1) is 10.7 Å². The molecule has 3 rings (SSSR count). The van der Waals surface area contributed by atoms with Crippen LogP contribution >= 0.6 is 67.8 Å². The molecule has 10 heteroatoms. The first-order valence-corrected chi connectivity index (χ1v) is 11.6. The number of anilines is 1. The third-order valence-electron chi connectivity index (χ3n) is 3.80. The zero-order chi connectivity index (χ0) is 21.7. The average molecular weight is 749 g/mol. The highest BCUT2D eigenvalue weighted by Crippen LogP contribution is 2.30. The van der Waals surface area contributed by atoms with Gasteiger partial charge in [0.05, 0.1) is 18.9 Å². The molecule has 0 aliphatic rings. The molecule has 0 aliphatic carbocycles. The monoisotopic (exact) mass is 749 g/mol. The smallest absolute Gasteiger partial charge is 0.417 e. The van der Waals surface area contributed by atoms with Gasteiger partial charge in [-0.3, -0.25) is 5.43 Å². The van der Waals surface area contributed by atoms with Crippen LogP contribution in [0.1, 0.15) is 16.7 Å². The number of pyridine rings is 1. The first-order chi connectivity index (χ1) is 14.2. The molecule has 0 fully saturated rings. The topological polar surface area (TPSA) is 46.5 Å². The van der Waals surface area contributed by atoms with Crippen molar-refractivity contribution in [3.8, 4) is 5.75 Å². The van der Waals surface area contributed by atoms with E-state index in [-0.39, 0.29) is 5.82 Å². The molecule has 0 bridgehead atoms.